The van der Waals surface area contributed by atoms with Gasteiger partial charge in [0.2, 0.25) is 0 Å². The molecule has 0 saturated carbocycles. The number of nitrogens with zero attached hydrogens (tertiary/aromatic N) is 1. The zero-order chi connectivity index (χ0) is 15.9. The Morgan fingerprint density at radius 1 is 0.958 bits per heavy atom. The summed E-state index contributed by atoms with van der Waals surface area (Å²) in [6.45, 7) is 3.20. The van der Waals surface area contributed by atoms with Crippen LogP contribution in [-0.4, -0.2) is 11.0 Å². The molecular formula is C22H28N2. The first kappa shape index (κ1) is 18.2. The molecule has 0 fully saturated rings. The second-order valence-corrected chi connectivity index (χ2v) is 6.22. The first-order valence-electron chi connectivity index (χ1n) is 8.41. The highest BCUT2D eigenvalue weighted by atomic mass is 14.9. The van der Waals surface area contributed by atoms with E-state index in [2.05, 4.69) is 71.8 Å². The van der Waals surface area contributed by atoms with Crippen molar-refractivity contribution < 1.29 is 0 Å². The summed E-state index contributed by atoms with van der Waals surface area (Å²) < 4.78 is 0. The fourth-order valence-corrected chi connectivity index (χ4v) is 2.89. The molecule has 0 bridgehead atoms. The molecule has 0 aliphatic carbocycles. The maximum absolute atomic E-state index is 4.16. The molecular weight excluding hydrogens is 292 g/mol. The van der Waals surface area contributed by atoms with E-state index in [0.29, 0.717) is 6.04 Å². The van der Waals surface area contributed by atoms with Crippen LogP contribution in [0.3, 0.4) is 0 Å². The van der Waals surface area contributed by atoms with Crippen molar-refractivity contribution in [1.29, 1.82) is 0 Å². The molecule has 3 rings (SSSR count). The van der Waals surface area contributed by atoms with Gasteiger partial charge >= 0.3 is 0 Å². The normalized spacial score (nSPS) is 11.9. The number of rotatable bonds is 7. The average molecular weight is 320 g/mol. The summed E-state index contributed by atoms with van der Waals surface area (Å²) in [5.41, 5.74) is 2.77. The third-order valence-electron chi connectivity index (χ3n) is 4.31. The molecule has 0 saturated heterocycles. The average Bonchev–Trinajstić information content (AvgIpc) is 2.61. The molecule has 0 aliphatic heterocycles. The monoisotopic (exact) mass is 320 g/mol. The van der Waals surface area contributed by atoms with E-state index in [-0.39, 0.29) is 7.43 Å². The van der Waals surface area contributed by atoms with Gasteiger partial charge in [-0.15, -0.1) is 0 Å². The van der Waals surface area contributed by atoms with Crippen molar-refractivity contribution in [2.75, 3.05) is 0 Å². The maximum atomic E-state index is 4.16. The van der Waals surface area contributed by atoms with E-state index >= 15 is 0 Å². The second kappa shape index (κ2) is 9.19. The molecule has 0 radical (unpaired) electrons. The number of pyridine rings is 1. The van der Waals surface area contributed by atoms with Crippen LogP contribution < -0.4 is 5.32 Å². The number of aryl methyl sites for hydroxylation is 1. The van der Waals surface area contributed by atoms with Crippen LogP contribution in [0.4, 0.5) is 0 Å². The molecule has 2 nitrogen and oxygen atoms in total. The minimum absolute atomic E-state index is 0. The van der Waals surface area contributed by atoms with E-state index in [9.17, 15) is 0 Å². The quantitative estimate of drug-likeness (QED) is 0.633. The van der Waals surface area contributed by atoms with Crippen LogP contribution in [0, 0.1) is 0 Å². The molecule has 1 atom stereocenters. The molecule has 1 heterocycles. The fraction of sp³-hybridized carbons (Fsp3) is 0.318. The molecule has 126 valence electrons. The molecule has 0 amide bonds. The van der Waals surface area contributed by atoms with Crippen LogP contribution in [0.5, 0.6) is 0 Å². The Bertz CT molecular complexity index is 737. The number of hydrogen-bond donors (Lipinski definition) is 1. The third-order valence-corrected chi connectivity index (χ3v) is 4.31. The van der Waals surface area contributed by atoms with Crippen molar-refractivity contribution in [2.24, 2.45) is 0 Å². The topological polar surface area (TPSA) is 24.9 Å². The van der Waals surface area contributed by atoms with E-state index in [1.807, 2.05) is 12.4 Å². The van der Waals surface area contributed by atoms with Crippen molar-refractivity contribution in [3.05, 3.63) is 78.1 Å². The highest BCUT2D eigenvalue weighted by Gasteiger charge is 2.03. The van der Waals surface area contributed by atoms with Crippen LogP contribution in [0.2, 0.25) is 0 Å². The van der Waals surface area contributed by atoms with Gasteiger partial charge in [0.25, 0.3) is 0 Å². The molecule has 3 aromatic rings. The van der Waals surface area contributed by atoms with Gasteiger partial charge in [-0.25, -0.2) is 0 Å². The molecule has 1 aromatic heterocycles. The van der Waals surface area contributed by atoms with Gasteiger partial charge in [0.1, 0.15) is 0 Å². The number of hydrogen-bond acceptors (Lipinski definition) is 2. The first-order valence-corrected chi connectivity index (χ1v) is 8.41. The largest absolute Gasteiger partial charge is 0.310 e. The fourth-order valence-electron chi connectivity index (χ4n) is 2.89. The lowest BCUT2D eigenvalue weighted by atomic mass is 10.0. The van der Waals surface area contributed by atoms with Crippen LogP contribution in [-0.2, 0) is 13.0 Å². The molecule has 2 aromatic carbocycles. The van der Waals surface area contributed by atoms with Crippen molar-refractivity contribution in [3.63, 3.8) is 0 Å². The van der Waals surface area contributed by atoms with Gasteiger partial charge in [0.05, 0.1) is 0 Å². The van der Waals surface area contributed by atoms with Gasteiger partial charge in [0.15, 0.2) is 0 Å². The van der Waals surface area contributed by atoms with Crippen LogP contribution in [0.15, 0.2) is 67.0 Å². The third kappa shape index (κ3) is 5.17. The zero-order valence-corrected chi connectivity index (χ0v) is 13.7. The number of nitrogens with one attached hydrogen (secondary N) is 1. The summed E-state index contributed by atoms with van der Waals surface area (Å²) in [6.07, 6.45) is 7.36. The number of benzene rings is 2. The molecule has 1 N–H and O–H groups in total. The van der Waals surface area contributed by atoms with E-state index in [0.717, 1.165) is 13.0 Å². The Morgan fingerprint density at radius 2 is 1.79 bits per heavy atom. The van der Waals surface area contributed by atoms with Crippen LogP contribution >= 0.6 is 0 Å². The van der Waals surface area contributed by atoms with E-state index in [4.69, 9.17) is 0 Å². The Balaban J connectivity index is 0.00000208. The summed E-state index contributed by atoms with van der Waals surface area (Å²) in [5, 5.41) is 6.10. The minimum Gasteiger partial charge on any atom is -0.310 e. The van der Waals surface area contributed by atoms with Gasteiger partial charge in [-0.2, -0.15) is 0 Å². The Hall–Kier alpha value is -2.19. The Labute approximate surface area is 146 Å². The highest BCUT2D eigenvalue weighted by molar-refractivity contribution is 5.81. The smallest absolute Gasteiger partial charge is 0.0346 e. The van der Waals surface area contributed by atoms with Crippen LogP contribution in [0.25, 0.3) is 10.8 Å². The van der Waals surface area contributed by atoms with Crippen molar-refractivity contribution in [1.82, 2.24) is 10.3 Å². The highest BCUT2D eigenvalue weighted by Crippen LogP contribution is 2.14. The molecule has 0 aliphatic rings. The second-order valence-electron chi connectivity index (χ2n) is 6.22. The minimum atomic E-state index is 0. The summed E-state index contributed by atoms with van der Waals surface area (Å²) in [4.78, 5) is 4.16. The van der Waals surface area contributed by atoms with Gasteiger partial charge < -0.3 is 5.32 Å². The lowest BCUT2D eigenvalue weighted by Crippen LogP contribution is -2.25. The molecule has 24 heavy (non-hydrogen) atoms. The maximum Gasteiger partial charge on any atom is 0.0346 e. The van der Waals surface area contributed by atoms with Gasteiger partial charge in [-0.05, 0) is 54.8 Å². The summed E-state index contributed by atoms with van der Waals surface area (Å²) in [5.74, 6) is 0. The van der Waals surface area contributed by atoms with Gasteiger partial charge in [-0.1, -0.05) is 49.9 Å². The Morgan fingerprint density at radius 3 is 2.62 bits per heavy atom. The van der Waals surface area contributed by atoms with Crippen LogP contribution in [0.1, 0.15) is 38.3 Å². The summed E-state index contributed by atoms with van der Waals surface area (Å²) in [7, 11) is 0. The van der Waals surface area contributed by atoms with Gasteiger partial charge in [-0.3, -0.25) is 4.98 Å². The van der Waals surface area contributed by atoms with Crippen molar-refractivity contribution in [3.8, 4) is 0 Å². The predicted molar refractivity (Wildman–Crippen MR) is 104 cm³/mol. The van der Waals surface area contributed by atoms with E-state index < -0.39 is 0 Å². The molecule has 0 spiro atoms. The summed E-state index contributed by atoms with van der Waals surface area (Å²) >= 11 is 0. The van der Waals surface area contributed by atoms with E-state index in [1.54, 1.807) is 0 Å². The summed E-state index contributed by atoms with van der Waals surface area (Å²) in [6, 6.07) is 19.9. The van der Waals surface area contributed by atoms with Crippen molar-refractivity contribution in [2.45, 2.75) is 46.2 Å². The molecule has 0 unspecified atom stereocenters. The first-order chi connectivity index (χ1) is 11.3. The van der Waals surface area contributed by atoms with Gasteiger partial charge in [0, 0.05) is 30.4 Å². The predicted octanol–water partition coefficient (Wildman–Crippen LogP) is 5.37. The lowest BCUT2D eigenvalue weighted by Gasteiger charge is -2.14. The number of aromatic nitrogens is 1. The number of fused-ring (bicyclic) bond motifs is 1. The molecule has 2 heteroatoms. The standard InChI is InChI=1S/C21H24N2.CH4/c1-17(6-5-9-18-7-3-2-4-8-18)23-15-19-10-11-21-16-22-13-12-20(21)14-19;/h2-4,7-8,10-14,16-17,23H,5-6,9,15H2,1H3;1H4/t17-;/m1./s1. The van der Waals surface area contributed by atoms with E-state index in [1.165, 1.54) is 34.7 Å². The van der Waals surface area contributed by atoms with Crippen molar-refractivity contribution >= 4 is 10.8 Å². The Kier molecular flexibility index (Phi) is 6.95. The SMILES string of the molecule is C.C[C@H](CCCc1ccccc1)NCc1ccc2cnccc2c1. The zero-order valence-electron chi connectivity index (χ0n) is 13.7. The lowest BCUT2D eigenvalue weighted by molar-refractivity contribution is 0.498.